The Kier molecular flexibility index (Phi) is 6.34. The number of aryl methyl sites for hydroxylation is 1. The predicted octanol–water partition coefficient (Wildman–Crippen LogP) is 5.42. The molecule has 0 fully saturated rings. The Morgan fingerprint density at radius 2 is 1.90 bits per heavy atom. The Morgan fingerprint density at radius 1 is 1.10 bits per heavy atom. The lowest BCUT2D eigenvalue weighted by Gasteiger charge is -2.12. The molecule has 0 aliphatic carbocycles. The molecule has 1 amide bonds. The Labute approximate surface area is 188 Å². The van der Waals surface area contributed by atoms with Gasteiger partial charge in [0.15, 0.2) is 11.5 Å². The number of rotatable bonds is 8. The zero-order valence-corrected chi connectivity index (χ0v) is 19.0. The normalized spacial score (nSPS) is 10.8. The number of aromatic nitrogens is 3. The van der Waals surface area contributed by atoms with Crippen molar-refractivity contribution in [3.05, 3.63) is 58.4 Å². The van der Waals surface area contributed by atoms with Crippen LogP contribution >= 0.6 is 22.7 Å². The van der Waals surface area contributed by atoms with Crippen LogP contribution < -0.4 is 14.8 Å². The molecule has 0 bridgehead atoms. The van der Waals surface area contributed by atoms with Crippen molar-refractivity contribution in [3.63, 3.8) is 0 Å². The SMILES string of the molecule is CCOc1ccc(C(=O)Nc2cc(C)nn2-c2nc(-c3cccs3)cs2)cc1OCC. The first-order chi connectivity index (χ1) is 15.1. The van der Waals surface area contributed by atoms with Gasteiger partial charge in [0.25, 0.3) is 5.91 Å². The van der Waals surface area contributed by atoms with Crippen LogP contribution in [0.5, 0.6) is 11.5 Å². The van der Waals surface area contributed by atoms with Crippen LogP contribution in [0.4, 0.5) is 5.82 Å². The summed E-state index contributed by atoms with van der Waals surface area (Å²) < 4.78 is 12.9. The second-order valence-electron chi connectivity index (χ2n) is 6.56. The fraction of sp³-hybridized carbons (Fsp3) is 0.227. The number of hydrogen-bond donors (Lipinski definition) is 1. The summed E-state index contributed by atoms with van der Waals surface area (Å²) in [6.45, 7) is 6.67. The minimum atomic E-state index is -0.264. The van der Waals surface area contributed by atoms with E-state index >= 15 is 0 Å². The highest BCUT2D eigenvalue weighted by molar-refractivity contribution is 7.15. The third-order valence-electron chi connectivity index (χ3n) is 4.33. The van der Waals surface area contributed by atoms with Crippen LogP contribution in [0.25, 0.3) is 15.7 Å². The third kappa shape index (κ3) is 4.62. The van der Waals surface area contributed by atoms with Gasteiger partial charge in [-0.15, -0.1) is 22.7 Å². The molecule has 160 valence electrons. The van der Waals surface area contributed by atoms with Crippen molar-refractivity contribution < 1.29 is 14.3 Å². The average Bonchev–Trinajstić information content (AvgIpc) is 3.50. The largest absolute Gasteiger partial charge is 0.490 e. The van der Waals surface area contributed by atoms with Gasteiger partial charge in [-0.1, -0.05) is 6.07 Å². The minimum absolute atomic E-state index is 0.264. The number of thiazole rings is 1. The summed E-state index contributed by atoms with van der Waals surface area (Å²) in [5, 5.41) is 12.2. The van der Waals surface area contributed by atoms with E-state index in [2.05, 4.69) is 15.4 Å². The molecule has 0 atom stereocenters. The van der Waals surface area contributed by atoms with Crippen molar-refractivity contribution in [2.75, 3.05) is 18.5 Å². The fourth-order valence-corrected chi connectivity index (χ4v) is 4.56. The molecule has 0 aliphatic heterocycles. The lowest BCUT2D eigenvalue weighted by Crippen LogP contribution is -2.15. The molecule has 3 heterocycles. The van der Waals surface area contributed by atoms with Gasteiger partial charge < -0.3 is 14.8 Å². The molecule has 4 rings (SSSR count). The number of nitrogens with one attached hydrogen (secondary N) is 1. The Balaban J connectivity index is 1.59. The molecular formula is C22H22N4O3S2. The maximum absolute atomic E-state index is 13.0. The lowest BCUT2D eigenvalue weighted by molar-refractivity contribution is 0.102. The maximum atomic E-state index is 13.0. The van der Waals surface area contributed by atoms with E-state index in [1.54, 1.807) is 34.2 Å². The highest BCUT2D eigenvalue weighted by Crippen LogP contribution is 2.31. The zero-order valence-electron chi connectivity index (χ0n) is 17.4. The van der Waals surface area contributed by atoms with Gasteiger partial charge >= 0.3 is 0 Å². The minimum Gasteiger partial charge on any atom is -0.490 e. The van der Waals surface area contributed by atoms with Crippen LogP contribution in [0, 0.1) is 6.92 Å². The van der Waals surface area contributed by atoms with Crippen molar-refractivity contribution in [1.29, 1.82) is 0 Å². The van der Waals surface area contributed by atoms with Gasteiger partial charge in [0.1, 0.15) is 5.82 Å². The Bertz CT molecular complexity index is 1180. The van der Waals surface area contributed by atoms with Crippen LogP contribution in [0.1, 0.15) is 29.9 Å². The van der Waals surface area contributed by atoms with E-state index in [0.717, 1.165) is 16.3 Å². The quantitative estimate of drug-likeness (QED) is 0.385. The smallest absolute Gasteiger partial charge is 0.256 e. The van der Waals surface area contributed by atoms with Crippen molar-refractivity contribution >= 4 is 34.4 Å². The van der Waals surface area contributed by atoms with Gasteiger partial charge in [-0.25, -0.2) is 4.98 Å². The van der Waals surface area contributed by atoms with E-state index in [-0.39, 0.29) is 5.91 Å². The van der Waals surface area contributed by atoms with Crippen LogP contribution in [-0.4, -0.2) is 33.9 Å². The second-order valence-corrected chi connectivity index (χ2v) is 8.34. The van der Waals surface area contributed by atoms with Crippen LogP contribution in [0.3, 0.4) is 0 Å². The first-order valence-electron chi connectivity index (χ1n) is 9.86. The van der Waals surface area contributed by atoms with Crippen LogP contribution in [0.15, 0.2) is 47.2 Å². The summed E-state index contributed by atoms with van der Waals surface area (Å²) in [7, 11) is 0. The summed E-state index contributed by atoms with van der Waals surface area (Å²) in [4.78, 5) is 18.7. The van der Waals surface area contributed by atoms with Gasteiger partial charge in [0.2, 0.25) is 5.13 Å². The number of nitrogens with zero attached hydrogens (tertiary/aromatic N) is 3. The van der Waals surface area contributed by atoms with Crippen molar-refractivity contribution in [2.45, 2.75) is 20.8 Å². The van der Waals surface area contributed by atoms with E-state index in [1.165, 1.54) is 11.3 Å². The van der Waals surface area contributed by atoms with E-state index in [4.69, 9.17) is 9.47 Å². The van der Waals surface area contributed by atoms with Crippen molar-refractivity contribution in [2.24, 2.45) is 0 Å². The molecule has 1 aromatic carbocycles. The van der Waals surface area contributed by atoms with Crippen molar-refractivity contribution in [1.82, 2.24) is 14.8 Å². The van der Waals surface area contributed by atoms with E-state index in [0.29, 0.717) is 41.2 Å². The lowest BCUT2D eigenvalue weighted by atomic mass is 10.2. The number of ether oxygens (including phenoxy) is 2. The summed E-state index contributed by atoms with van der Waals surface area (Å²) >= 11 is 3.11. The van der Waals surface area contributed by atoms with E-state index in [9.17, 15) is 4.79 Å². The average molecular weight is 455 g/mol. The first kappa shape index (κ1) is 21.1. The number of carbonyl (C=O) groups is 1. The molecule has 0 radical (unpaired) electrons. The molecule has 7 nitrogen and oxygen atoms in total. The van der Waals surface area contributed by atoms with Gasteiger partial charge in [-0.3, -0.25) is 4.79 Å². The zero-order chi connectivity index (χ0) is 21.8. The molecule has 4 aromatic rings. The number of thiophene rings is 1. The van der Waals surface area contributed by atoms with Gasteiger partial charge in [-0.05, 0) is 50.4 Å². The summed E-state index contributed by atoms with van der Waals surface area (Å²) in [6.07, 6.45) is 0. The molecule has 0 saturated heterocycles. The topological polar surface area (TPSA) is 78.3 Å². The number of hydrogen-bond acceptors (Lipinski definition) is 7. The highest BCUT2D eigenvalue weighted by Gasteiger charge is 2.17. The summed E-state index contributed by atoms with van der Waals surface area (Å²) in [5.74, 6) is 1.45. The van der Waals surface area contributed by atoms with Crippen LogP contribution in [0.2, 0.25) is 0 Å². The molecule has 31 heavy (non-hydrogen) atoms. The van der Waals surface area contributed by atoms with Gasteiger partial charge in [-0.2, -0.15) is 9.78 Å². The standard InChI is InChI=1S/C22H22N4O3S2/c1-4-28-17-9-8-15(12-18(17)29-5-2)21(27)24-20-11-14(3)25-26(20)22-23-16(13-31-22)19-7-6-10-30-19/h6-13H,4-5H2,1-3H3,(H,24,27). The van der Waals surface area contributed by atoms with Gasteiger partial charge in [0, 0.05) is 17.0 Å². The van der Waals surface area contributed by atoms with E-state index in [1.807, 2.05) is 49.7 Å². The molecule has 9 heteroatoms. The molecule has 0 spiro atoms. The summed E-state index contributed by atoms with van der Waals surface area (Å²) in [6, 6.07) is 11.0. The molecular weight excluding hydrogens is 432 g/mol. The monoisotopic (exact) mass is 454 g/mol. The molecule has 3 aromatic heterocycles. The van der Waals surface area contributed by atoms with Gasteiger partial charge in [0.05, 0.1) is 29.5 Å². The predicted molar refractivity (Wildman–Crippen MR) is 124 cm³/mol. The third-order valence-corrected chi connectivity index (χ3v) is 6.03. The Morgan fingerprint density at radius 3 is 2.65 bits per heavy atom. The number of benzene rings is 1. The molecule has 1 N–H and O–H groups in total. The summed E-state index contributed by atoms with van der Waals surface area (Å²) in [5.41, 5.74) is 2.15. The number of carbonyl (C=O) groups excluding carboxylic acids is 1. The molecule has 0 saturated carbocycles. The first-order valence-corrected chi connectivity index (χ1v) is 11.6. The van der Waals surface area contributed by atoms with Crippen LogP contribution in [-0.2, 0) is 0 Å². The number of anilines is 1. The highest BCUT2D eigenvalue weighted by atomic mass is 32.1. The number of amides is 1. The maximum Gasteiger partial charge on any atom is 0.256 e. The fourth-order valence-electron chi connectivity index (χ4n) is 3.01. The molecule has 0 aliphatic rings. The second kappa shape index (κ2) is 9.32. The van der Waals surface area contributed by atoms with Crippen molar-refractivity contribution in [3.8, 4) is 27.2 Å². The molecule has 0 unspecified atom stereocenters. The van der Waals surface area contributed by atoms with E-state index < -0.39 is 0 Å². The Hall–Kier alpha value is -3.17.